The van der Waals surface area contributed by atoms with Crippen LogP contribution in [0.25, 0.3) is 11.3 Å². The topological polar surface area (TPSA) is 50.8 Å². The minimum absolute atomic E-state index is 0.416. The summed E-state index contributed by atoms with van der Waals surface area (Å²) < 4.78 is 7.38. The van der Waals surface area contributed by atoms with Crippen molar-refractivity contribution in [1.82, 2.24) is 9.55 Å². The number of ether oxygens (including phenoxy) is 1. The predicted octanol–water partition coefficient (Wildman–Crippen LogP) is 3.40. The first-order valence-corrected chi connectivity index (χ1v) is 6.61. The normalized spacial score (nSPS) is 10.7. The lowest BCUT2D eigenvalue weighted by Gasteiger charge is -2.13. The summed E-state index contributed by atoms with van der Waals surface area (Å²) in [6.45, 7) is 6.18. The molecule has 4 heteroatoms. The smallest absolute Gasteiger partial charge is 0.166 e. The van der Waals surface area contributed by atoms with Crippen LogP contribution in [0.2, 0.25) is 0 Å². The van der Waals surface area contributed by atoms with Crippen molar-refractivity contribution in [2.45, 2.75) is 26.7 Å². The van der Waals surface area contributed by atoms with Crippen molar-refractivity contribution in [2.75, 3.05) is 7.11 Å². The maximum atomic E-state index is 9.29. The van der Waals surface area contributed by atoms with Gasteiger partial charge in [-0.15, -0.1) is 0 Å². The molecular formula is C16H19N3O. The number of methoxy groups -OCH3 is 1. The highest BCUT2D eigenvalue weighted by molar-refractivity contribution is 5.73. The number of hydrogen-bond donors (Lipinski definition) is 0. The standard InChI is InChI=1S/C16H19N3O/c1-10(2)12-6-7-15(20-5)13(8-12)16-14(9-17)18-11(3)19(16)4/h6-8,10H,1-5H3. The molecule has 1 aromatic heterocycles. The van der Waals surface area contributed by atoms with Gasteiger partial charge in [0.15, 0.2) is 5.69 Å². The van der Waals surface area contributed by atoms with Crippen LogP contribution in [0.1, 0.15) is 36.8 Å². The SMILES string of the molecule is COc1ccc(C(C)C)cc1-c1c(C#N)nc(C)n1C. The van der Waals surface area contributed by atoms with Crippen LogP contribution < -0.4 is 4.74 Å². The second-order valence-electron chi connectivity index (χ2n) is 5.14. The van der Waals surface area contributed by atoms with Gasteiger partial charge < -0.3 is 9.30 Å². The quantitative estimate of drug-likeness (QED) is 0.858. The van der Waals surface area contributed by atoms with Crippen molar-refractivity contribution >= 4 is 0 Å². The van der Waals surface area contributed by atoms with E-state index in [0.29, 0.717) is 11.6 Å². The highest BCUT2D eigenvalue weighted by Gasteiger charge is 2.18. The van der Waals surface area contributed by atoms with Crippen LogP contribution in [-0.2, 0) is 7.05 Å². The molecule has 1 heterocycles. The van der Waals surface area contributed by atoms with E-state index in [1.165, 1.54) is 5.56 Å². The summed E-state index contributed by atoms with van der Waals surface area (Å²) in [4.78, 5) is 4.30. The van der Waals surface area contributed by atoms with E-state index in [0.717, 1.165) is 22.8 Å². The average Bonchev–Trinajstić information content (AvgIpc) is 2.73. The van der Waals surface area contributed by atoms with Gasteiger partial charge in [0.2, 0.25) is 0 Å². The summed E-state index contributed by atoms with van der Waals surface area (Å²) in [6.07, 6.45) is 0. The van der Waals surface area contributed by atoms with Gasteiger partial charge in [0.1, 0.15) is 17.6 Å². The first kappa shape index (κ1) is 14.1. The number of nitriles is 1. The van der Waals surface area contributed by atoms with Crippen molar-refractivity contribution < 1.29 is 4.74 Å². The van der Waals surface area contributed by atoms with E-state index in [1.54, 1.807) is 7.11 Å². The Hall–Kier alpha value is -2.28. The third-order valence-corrected chi connectivity index (χ3v) is 3.57. The Morgan fingerprint density at radius 3 is 2.60 bits per heavy atom. The van der Waals surface area contributed by atoms with Gasteiger partial charge in [0, 0.05) is 12.6 Å². The van der Waals surface area contributed by atoms with E-state index >= 15 is 0 Å². The average molecular weight is 269 g/mol. The van der Waals surface area contributed by atoms with Gasteiger partial charge in [-0.05, 0) is 30.5 Å². The van der Waals surface area contributed by atoms with Crippen LogP contribution in [-0.4, -0.2) is 16.7 Å². The van der Waals surface area contributed by atoms with Crippen molar-refractivity contribution in [1.29, 1.82) is 5.26 Å². The van der Waals surface area contributed by atoms with E-state index in [1.807, 2.05) is 24.6 Å². The monoisotopic (exact) mass is 269 g/mol. The number of aromatic nitrogens is 2. The fourth-order valence-electron chi connectivity index (χ4n) is 2.27. The lowest BCUT2D eigenvalue weighted by atomic mass is 9.98. The van der Waals surface area contributed by atoms with Gasteiger partial charge in [0.25, 0.3) is 0 Å². The summed E-state index contributed by atoms with van der Waals surface area (Å²) in [5.41, 5.74) is 3.37. The molecular weight excluding hydrogens is 250 g/mol. The molecule has 2 aromatic rings. The Morgan fingerprint density at radius 1 is 1.35 bits per heavy atom. The molecule has 0 aliphatic rings. The van der Waals surface area contributed by atoms with Crippen LogP contribution in [0.4, 0.5) is 0 Å². The largest absolute Gasteiger partial charge is 0.496 e. The summed E-state index contributed by atoms with van der Waals surface area (Å²) in [5.74, 6) is 1.99. The number of aryl methyl sites for hydroxylation is 1. The second kappa shape index (κ2) is 5.38. The highest BCUT2D eigenvalue weighted by atomic mass is 16.5. The fraction of sp³-hybridized carbons (Fsp3) is 0.375. The molecule has 20 heavy (non-hydrogen) atoms. The van der Waals surface area contributed by atoms with Crippen molar-refractivity contribution in [3.8, 4) is 23.1 Å². The molecule has 0 atom stereocenters. The Bertz CT molecular complexity index is 678. The molecule has 0 unspecified atom stereocenters. The van der Waals surface area contributed by atoms with Crippen LogP contribution in [0, 0.1) is 18.3 Å². The molecule has 104 valence electrons. The second-order valence-corrected chi connectivity index (χ2v) is 5.14. The third-order valence-electron chi connectivity index (χ3n) is 3.57. The van der Waals surface area contributed by atoms with E-state index in [-0.39, 0.29) is 0 Å². The van der Waals surface area contributed by atoms with Crippen molar-refractivity contribution in [3.05, 3.63) is 35.3 Å². The zero-order valence-corrected chi connectivity index (χ0v) is 12.6. The van der Waals surface area contributed by atoms with Crippen LogP contribution in [0.3, 0.4) is 0 Å². The molecule has 0 bridgehead atoms. The Kier molecular flexibility index (Phi) is 3.80. The van der Waals surface area contributed by atoms with Gasteiger partial charge >= 0.3 is 0 Å². The Labute approximate surface area is 119 Å². The van der Waals surface area contributed by atoms with Gasteiger partial charge in [-0.25, -0.2) is 4.98 Å². The van der Waals surface area contributed by atoms with Gasteiger partial charge in [0.05, 0.1) is 12.8 Å². The molecule has 0 N–H and O–H groups in total. The molecule has 2 rings (SSSR count). The number of nitrogens with zero attached hydrogens (tertiary/aromatic N) is 3. The highest BCUT2D eigenvalue weighted by Crippen LogP contribution is 2.34. The summed E-state index contributed by atoms with van der Waals surface area (Å²) >= 11 is 0. The van der Waals surface area contributed by atoms with Crippen LogP contribution >= 0.6 is 0 Å². The molecule has 0 saturated carbocycles. The first-order valence-electron chi connectivity index (χ1n) is 6.61. The Balaban J connectivity index is 2.74. The number of hydrogen-bond acceptors (Lipinski definition) is 3. The van der Waals surface area contributed by atoms with Gasteiger partial charge in [-0.2, -0.15) is 5.26 Å². The minimum Gasteiger partial charge on any atom is -0.496 e. The summed E-state index contributed by atoms with van der Waals surface area (Å²) in [6, 6.07) is 8.26. The molecule has 0 spiro atoms. The molecule has 4 nitrogen and oxygen atoms in total. The summed E-state index contributed by atoms with van der Waals surface area (Å²) in [5, 5.41) is 9.29. The van der Waals surface area contributed by atoms with Crippen LogP contribution in [0.5, 0.6) is 5.75 Å². The Morgan fingerprint density at radius 2 is 2.05 bits per heavy atom. The van der Waals surface area contributed by atoms with E-state index in [9.17, 15) is 5.26 Å². The molecule has 0 radical (unpaired) electrons. The zero-order valence-electron chi connectivity index (χ0n) is 12.6. The number of benzene rings is 1. The van der Waals surface area contributed by atoms with Crippen molar-refractivity contribution in [3.63, 3.8) is 0 Å². The van der Waals surface area contributed by atoms with Gasteiger partial charge in [-0.3, -0.25) is 0 Å². The molecule has 0 amide bonds. The van der Waals surface area contributed by atoms with Crippen LogP contribution in [0.15, 0.2) is 18.2 Å². The molecule has 0 aliphatic heterocycles. The maximum Gasteiger partial charge on any atom is 0.166 e. The summed E-state index contributed by atoms with van der Waals surface area (Å²) in [7, 11) is 3.56. The lowest BCUT2D eigenvalue weighted by molar-refractivity contribution is 0.416. The van der Waals surface area contributed by atoms with Crippen molar-refractivity contribution in [2.24, 2.45) is 7.05 Å². The van der Waals surface area contributed by atoms with Gasteiger partial charge in [-0.1, -0.05) is 19.9 Å². The van der Waals surface area contributed by atoms with E-state index in [2.05, 4.69) is 37.0 Å². The predicted molar refractivity (Wildman–Crippen MR) is 78.7 cm³/mol. The molecule has 0 fully saturated rings. The first-order chi connectivity index (χ1) is 9.49. The lowest BCUT2D eigenvalue weighted by Crippen LogP contribution is -1.99. The zero-order chi connectivity index (χ0) is 14.9. The molecule has 0 aliphatic carbocycles. The minimum atomic E-state index is 0.416. The number of rotatable bonds is 3. The molecule has 0 saturated heterocycles. The number of imidazole rings is 1. The molecule has 1 aromatic carbocycles. The maximum absolute atomic E-state index is 9.29. The third kappa shape index (κ3) is 2.27. The fourth-order valence-corrected chi connectivity index (χ4v) is 2.27. The van der Waals surface area contributed by atoms with E-state index < -0.39 is 0 Å². The van der Waals surface area contributed by atoms with E-state index in [4.69, 9.17) is 4.74 Å².